The van der Waals surface area contributed by atoms with E-state index in [9.17, 15) is 13.2 Å². The van der Waals surface area contributed by atoms with Crippen LogP contribution in [-0.4, -0.2) is 26.1 Å². The van der Waals surface area contributed by atoms with E-state index >= 15 is 0 Å². The summed E-state index contributed by atoms with van der Waals surface area (Å²) in [4.78, 5) is 11.3. The van der Waals surface area contributed by atoms with Crippen molar-refractivity contribution in [2.75, 3.05) is 21.9 Å². The van der Waals surface area contributed by atoms with Gasteiger partial charge in [-0.15, -0.1) is 0 Å². The summed E-state index contributed by atoms with van der Waals surface area (Å²) in [7, 11) is -3.76. The first-order valence-corrected chi connectivity index (χ1v) is 10.1. The Morgan fingerprint density at radius 3 is 2.67 bits per heavy atom. The number of sulfonamides is 1. The molecule has 1 aliphatic heterocycles. The lowest BCUT2D eigenvalue weighted by Crippen LogP contribution is -2.31. The molecular formula is C18H22N4O4S. The molecule has 2 aromatic carbocycles. The van der Waals surface area contributed by atoms with Crippen LogP contribution in [0.4, 0.5) is 22.7 Å². The maximum atomic E-state index is 13.3. The van der Waals surface area contributed by atoms with E-state index < -0.39 is 15.9 Å². The largest absolute Gasteiger partial charge is 0.397 e. The normalized spacial score (nSPS) is 14.5. The van der Waals surface area contributed by atoms with E-state index in [-0.39, 0.29) is 17.9 Å². The lowest BCUT2D eigenvalue weighted by Gasteiger charge is -2.24. The number of fused-ring (bicyclic) bond motifs is 2. The number of rotatable bonds is 6. The fourth-order valence-corrected chi connectivity index (χ4v) is 4.76. The number of nitrogen functional groups attached to an aromatic ring is 1. The van der Waals surface area contributed by atoms with E-state index in [2.05, 4.69) is 5.32 Å². The first-order chi connectivity index (χ1) is 12.9. The quantitative estimate of drug-likeness (QED) is 0.260. The smallest absolute Gasteiger partial charge is 0.266 e. The minimum absolute atomic E-state index is 0.192. The summed E-state index contributed by atoms with van der Waals surface area (Å²) >= 11 is 0. The van der Waals surface area contributed by atoms with Gasteiger partial charge in [0, 0.05) is 13.0 Å². The number of carbonyl (C=O) groups is 1. The van der Waals surface area contributed by atoms with E-state index in [1.54, 1.807) is 47.9 Å². The highest BCUT2D eigenvalue weighted by Gasteiger charge is 2.32. The minimum Gasteiger partial charge on any atom is -0.397 e. The molecule has 27 heavy (non-hydrogen) atoms. The lowest BCUT2D eigenvalue weighted by atomic mass is 10.1. The van der Waals surface area contributed by atoms with Gasteiger partial charge in [0.1, 0.15) is 4.90 Å². The number of hydrogen-bond donors (Lipinski definition) is 4. The van der Waals surface area contributed by atoms with Crippen LogP contribution in [0.2, 0.25) is 0 Å². The van der Waals surface area contributed by atoms with Gasteiger partial charge in [-0.25, -0.2) is 13.9 Å². The summed E-state index contributed by atoms with van der Waals surface area (Å²) < 4.78 is 27.9. The summed E-state index contributed by atoms with van der Waals surface area (Å²) in [6.07, 6.45) is 1.95. The van der Waals surface area contributed by atoms with E-state index in [1.807, 2.05) is 0 Å². The van der Waals surface area contributed by atoms with Gasteiger partial charge in [-0.05, 0) is 37.1 Å². The van der Waals surface area contributed by atoms with Crippen molar-refractivity contribution in [2.24, 2.45) is 0 Å². The highest BCUT2D eigenvalue weighted by molar-refractivity contribution is 7.93. The van der Waals surface area contributed by atoms with Crippen molar-refractivity contribution in [3.05, 3.63) is 42.5 Å². The number of unbranched alkanes of at least 4 members (excludes halogenated alkanes) is 2. The summed E-state index contributed by atoms with van der Waals surface area (Å²) in [5.74, 6) is -0.450. The third-order valence-corrected chi connectivity index (χ3v) is 6.32. The number of nitrogens with two attached hydrogens (primary N) is 1. The molecule has 0 saturated heterocycles. The van der Waals surface area contributed by atoms with Crippen LogP contribution in [0.15, 0.2) is 47.4 Å². The van der Waals surface area contributed by atoms with Gasteiger partial charge in [0.2, 0.25) is 5.91 Å². The number of amides is 1. The van der Waals surface area contributed by atoms with Crippen molar-refractivity contribution in [2.45, 2.75) is 30.6 Å². The molecule has 0 atom stereocenters. The van der Waals surface area contributed by atoms with Crippen LogP contribution in [0.3, 0.4) is 0 Å². The molecule has 0 spiro atoms. The Morgan fingerprint density at radius 1 is 1.11 bits per heavy atom. The van der Waals surface area contributed by atoms with Gasteiger partial charge >= 0.3 is 0 Å². The van der Waals surface area contributed by atoms with Crippen molar-refractivity contribution in [1.29, 1.82) is 0 Å². The van der Waals surface area contributed by atoms with Crippen LogP contribution < -0.4 is 20.8 Å². The standard InChI is InChI=1S/C18H22N4O4S/c19-13-7-6-9-15-18(13)20-14-8-3-4-10-16(14)27(25,26)22(15)12-5-1-2-11-17(23)21-24/h3-4,6-10,20,24H,1-2,5,11-12,19H2,(H,21,23). The fourth-order valence-electron chi connectivity index (χ4n) is 3.09. The minimum atomic E-state index is -3.76. The number of hydroxylamine groups is 1. The lowest BCUT2D eigenvalue weighted by molar-refractivity contribution is -0.129. The highest BCUT2D eigenvalue weighted by atomic mass is 32.2. The second kappa shape index (κ2) is 7.85. The number of nitrogens with zero attached hydrogens (tertiary/aromatic N) is 1. The van der Waals surface area contributed by atoms with Gasteiger partial charge in [0.15, 0.2) is 0 Å². The maximum Gasteiger partial charge on any atom is 0.266 e. The Labute approximate surface area is 158 Å². The van der Waals surface area contributed by atoms with E-state index in [4.69, 9.17) is 10.9 Å². The van der Waals surface area contributed by atoms with Crippen molar-refractivity contribution < 1.29 is 18.4 Å². The molecule has 0 bridgehead atoms. The van der Waals surface area contributed by atoms with Gasteiger partial charge in [0.05, 0.1) is 22.7 Å². The molecule has 1 amide bonds. The Hall–Kier alpha value is -2.78. The van der Waals surface area contributed by atoms with Crippen molar-refractivity contribution in [3.63, 3.8) is 0 Å². The third-order valence-electron chi connectivity index (χ3n) is 4.45. The molecule has 0 aromatic heterocycles. The Balaban J connectivity index is 1.89. The molecule has 2 aromatic rings. The van der Waals surface area contributed by atoms with Crippen LogP contribution >= 0.6 is 0 Å². The summed E-state index contributed by atoms with van der Waals surface area (Å²) in [5.41, 5.74) is 9.69. The van der Waals surface area contributed by atoms with Crippen molar-refractivity contribution >= 4 is 38.7 Å². The Bertz CT molecular complexity index is 946. The summed E-state index contributed by atoms with van der Waals surface area (Å²) in [6, 6.07) is 11.9. The number of carbonyl (C=O) groups excluding carboxylic acids is 1. The van der Waals surface area contributed by atoms with Crippen LogP contribution in [0, 0.1) is 0 Å². The number of hydrogen-bond acceptors (Lipinski definition) is 6. The summed E-state index contributed by atoms with van der Waals surface area (Å²) in [6.45, 7) is 0.259. The average molecular weight is 390 g/mol. The average Bonchev–Trinajstić information content (AvgIpc) is 2.75. The van der Waals surface area contributed by atoms with E-state index in [0.29, 0.717) is 42.0 Å². The SMILES string of the molecule is Nc1cccc2c1Nc1ccccc1S(=O)(=O)N2CCCCCC(=O)NO. The van der Waals surface area contributed by atoms with E-state index in [1.165, 1.54) is 4.31 Å². The molecular weight excluding hydrogens is 368 g/mol. The molecule has 144 valence electrons. The van der Waals surface area contributed by atoms with Crippen LogP contribution in [0.5, 0.6) is 0 Å². The van der Waals surface area contributed by atoms with E-state index in [0.717, 1.165) is 0 Å². The predicted molar refractivity (Wildman–Crippen MR) is 104 cm³/mol. The number of nitrogens with one attached hydrogen (secondary N) is 2. The molecule has 5 N–H and O–H groups in total. The molecule has 0 unspecified atom stereocenters. The molecule has 1 aliphatic rings. The highest BCUT2D eigenvalue weighted by Crippen LogP contribution is 2.42. The van der Waals surface area contributed by atoms with Crippen molar-refractivity contribution in [3.8, 4) is 0 Å². The van der Waals surface area contributed by atoms with Gasteiger partial charge < -0.3 is 11.1 Å². The first kappa shape index (κ1) is 19.0. The van der Waals surface area contributed by atoms with Gasteiger partial charge in [-0.2, -0.15) is 0 Å². The fraction of sp³-hybridized carbons (Fsp3) is 0.278. The van der Waals surface area contributed by atoms with Gasteiger partial charge in [-0.3, -0.25) is 14.3 Å². The third kappa shape index (κ3) is 3.83. The van der Waals surface area contributed by atoms with Gasteiger partial charge in [0.25, 0.3) is 10.0 Å². The topological polar surface area (TPSA) is 125 Å². The Kier molecular flexibility index (Phi) is 5.52. The molecule has 0 radical (unpaired) electrons. The second-order valence-electron chi connectivity index (χ2n) is 6.29. The molecule has 1 heterocycles. The molecule has 0 aliphatic carbocycles. The zero-order valence-electron chi connectivity index (χ0n) is 14.7. The van der Waals surface area contributed by atoms with Crippen molar-refractivity contribution in [1.82, 2.24) is 5.48 Å². The second-order valence-corrected chi connectivity index (χ2v) is 8.12. The zero-order chi connectivity index (χ0) is 19.4. The maximum absolute atomic E-state index is 13.3. The Morgan fingerprint density at radius 2 is 1.89 bits per heavy atom. The predicted octanol–water partition coefficient (Wildman–Crippen LogP) is 2.59. The van der Waals surface area contributed by atoms with Crippen LogP contribution in [-0.2, 0) is 14.8 Å². The zero-order valence-corrected chi connectivity index (χ0v) is 15.5. The number of anilines is 4. The molecule has 0 saturated carbocycles. The summed E-state index contributed by atoms with van der Waals surface area (Å²) in [5, 5.41) is 11.7. The van der Waals surface area contributed by atoms with Crippen LogP contribution in [0.25, 0.3) is 0 Å². The number of benzene rings is 2. The number of para-hydroxylation sites is 2. The molecule has 8 nitrogen and oxygen atoms in total. The van der Waals surface area contributed by atoms with Crippen LogP contribution in [0.1, 0.15) is 25.7 Å². The molecule has 9 heteroatoms. The first-order valence-electron chi connectivity index (χ1n) is 8.65. The molecule has 3 rings (SSSR count). The van der Waals surface area contributed by atoms with Gasteiger partial charge in [-0.1, -0.05) is 24.6 Å². The molecule has 0 fully saturated rings. The monoisotopic (exact) mass is 390 g/mol.